The van der Waals surface area contributed by atoms with E-state index in [-0.39, 0.29) is 18.3 Å². The van der Waals surface area contributed by atoms with Crippen molar-refractivity contribution in [3.05, 3.63) is 72.2 Å². The smallest absolute Gasteiger partial charge is 0.291 e. The van der Waals surface area contributed by atoms with Crippen molar-refractivity contribution in [2.24, 2.45) is 0 Å². The average Bonchev–Trinajstić information content (AvgIpc) is 3.16. The van der Waals surface area contributed by atoms with Crippen LogP contribution in [0, 0.1) is 0 Å². The Hall–Kier alpha value is -3.41. The van der Waals surface area contributed by atoms with Gasteiger partial charge in [0, 0.05) is 23.9 Å². The lowest BCUT2D eigenvalue weighted by molar-refractivity contribution is 0.0992. The van der Waals surface area contributed by atoms with Crippen molar-refractivity contribution in [3.8, 4) is 17.2 Å². The molecular weight excluding hydrogens is 334 g/mol. The molecule has 0 aliphatic heterocycles. The first-order chi connectivity index (χ1) is 12.7. The monoisotopic (exact) mass is 353 g/mol. The maximum Gasteiger partial charge on any atom is 0.291 e. The van der Waals surface area contributed by atoms with Crippen LogP contribution < -0.4 is 19.5 Å². The van der Waals surface area contributed by atoms with Gasteiger partial charge in [-0.05, 0) is 24.3 Å². The molecule has 6 nitrogen and oxygen atoms in total. The zero-order chi connectivity index (χ0) is 18.4. The quantitative estimate of drug-likeness (QED) is 0.692. The first kappa shape index (κ1) is 17.4. The summed E-state index contributed by atoms with van der Waals surface area (Å²) in [6, 6.07) is 17.8. The number of hydrogen-bond donors (Lipinski definition) is 1. The third kappa shape index (κ3) is 4.36. The molecule has 1 N–H and O–H groups in total. The second kappa shape index (κ2) is 8.11. The van der Waals surface area contributed by atoms with E-state index in [0.717, 1.165) is 5.75 Å². The molecule has 1 amide bonds. The molecule has 1 heterocycles. The van der Waals surface area contributed by atoms with Crippen molar-refractivity contribution in [1.29, 1.82) is 0 Å². The molecule has 0 spiro atoms. The van der Waals surface area contributed by atoms with Gasteiger partial charge >= 0.3 is 0 Å². The largest absolute Gasteiger partial charge is 0.497 e. The predicted molar refractivity (Wildman–Crippen MR) is 97.0 cm³/mol. The number of para-hydroxylation sites is 1. The highest BCUT2D eigenvalue weighted by Gasteiger charge is 2.13. The summed E-state index contributed by atoms with van der Waals surface area (Å²) in [5.41, 5.74) is 0.546. The Labute approximate surface area is 151 Å². The summed E-state index contributed by atoms with van der Waals surface area (Å²) in [6.07, 6.45) is 0. The van der Waals surface area contributed by atoms with Crippen molar-refractivity contribution in [1.82, 2.24) is 0 Å². The summed E-state index contributed by atoms with van der Waals surface area (Å²) in [5, 5.41) is 2.76. The Morgan fingerprint density at radius 2 is 1.62 bits per heavy atom. The van der Waals surface area contributed by atoms with Crippen LogP contribution in [-0.4, -0.2) is 20.1 Å². The van der Waals surface area contributed by atoms with E-state index in [0.29, 0.717) is 22.9 Å². The van der Waals surface area contributed by atoms with Gasteiger partial charge in [0.1, 0.15) is 29.6 Å². The number of hydrogen-bond acceptors (Lipinski definition) is 5. The van der Waals surface area contributed by atoms with E-state index in [4.69, 9.17) is 18.6 Å². The Bertz CT molecular complexity index is 851. The SMILES string of the molecule is COc1cc(NC(=O)c2ccc(COc3ccccc3)o2)cc(OC)c1. The maximum absolute atomic E-state index is 12.4. The van der Waals surface area contributed by atoms with Gasteiger partial charge < -0.3 is 23.9 Å². The number of methoxy groups -OCH3 is 2. The number of carbonyl (C=O) groups is 1. The average molecular weight is 353 g/mol. The zero-order valence-corrected chi connectivity index (χ0v) is 14.5. The molecule has 134 valence electrons. The van der Waals surface area contributed by atoms with Crippen LogP contribution in [0.5, 0.6) is 17.2 Å². The fourth-order valence-corrected chi connectivity index (χ4v) is 2.32. The molecule has 0 unspecified atom stereocenters. The molecule has 0 saturated carbocycles. The van der Waals surface area contributed by atoms with Gasteiger partial charge in [-0.3, -0.25) is 4.79 Å². The minimum Gasteiger partial charge on any atom is -0.497 e. The van der Waals surface area contributed by atoms with Crippen LogP contribution in [0.4, 0.5) is 5.69 Å². The number of rotatable bonds is 7. The summed E-state index contributed by atoms with van der Waals surface area (Å²) in [6.45, 7) is 0.240. The Morgan fingerprint density at radius 1 is 0.923 bits per heavy atom. The maximum atomic E-state index is 12.4. The highest BCUT2D eigenvalue weighted by Crippen LogP contribution is 2.26. The predicted octanol–water partition coefficient (Wildman–Crippen LogP) is 4.13. The van der Waals surface area contributed by atoms with Gasteiger partial charge in [-0.2, -0.15) is 0 Å². The van der Waals surface area contributed by atoms with E-state index in [1.165, 1.54) is 0 Å². The van der Waals surface area contributed by atoms with Gasteiger partial charge in [0.25, 0.3) is 5.91 Å². The van der Waals surface area contributed by atoms with E-state index >= 15 is 0 Å². The fraction of sp³-hybridized carbons (Fsp3) is 0.150. The highest BCUT2D eigenvalue weighted by molar-refractivity contribution is 6.02. The Balaban J connectivity index is 1.64. The second-order valence-electron chi connectivity index (χ2n) is 5.42. The summed E-state index contributed by atoms with van der Waals surface area (Å²) < 4.78 is 21.5. The van der Waals surface area contributed by atoms with E-state index in [9.17, 15) is 4.79 Å². The van der Waals surface area contributed by atoms with Gasteiger partial charge in [-0.15, -0.1) is 0 Å². The van der Waals surface area contributed by atoms with Gasteiger partial charge in [0.05, 0.1) is 14.2 Å². The first-order valence-electron chi connectivity index (χ1n) is 7.99. The number of anilines is 1. The summed E-state index contributed by atoms with van der Waals surface area (Å²) in [5.74, 6) is 2.28. The van der Waals surface area contributed by atoms with Crippen molar-refractivity contribution in [2.45, 2.75) is 6.61 Å². The molecule has 0 saturated heterocycles. The first-order valence-corrected chi connectivity index (χ1v) is 7.99. The van der Waals surface area contributed by atoms with Crippen LogP contribution in [-0.2, 0) is 6.61 Å². The number of amides is 1. The summed E-state index contributed by atoms with van der Waals surface area (Å²) in [7, 11) is 3.10. The topological polar surface area (TPSA) is 69.9 Å². The summed E-state index contributed by atoms with van der Waals surface area (Å²) in [4.78, 5) is 12.4. The van der Waals surface area contributed by atoms with Gasteiger partial charge in [0.2, 0.25) is 0 Å². The lowest BCUT2D eigenvalue weighted by Crippen LogP contribution is -2.11. The van der Waals surface area contributed by atoms with E-state index in [1.54, 1.807) is 44.6 Å². The van der Waals surface area contributed by atoms with Crippen molar-refractivity contribution in [2.75, 3.05) is 19.5 Å². The molecule has 0 bridgehead atoms. The standard InChI is InChI=1S/C20H19NO5/c1-23-17-10-14(11-18(12-17)24-2)21-20(22)19-9-8-16(26-19)13-25-15-6-4-3-5-7-15/h3-12H,13H2,1-2H3,(H,21,22). The van der Waals surface area contributed by atoms with E-state index in [1.807, 2.05) is 30.3 Å². The molecule has 0 radical (unpaired) electrons. The normalized spacial score (nSPS) is 10.2. The molecule has 1 aromatic heterocycles. The molecule has 26 heavy (non-hydrogen) atoms. The minimum absolute atomic E-state index is 0.193. The fourth-order valence-electron chi connectivity index (χ4n) is 2.32. The van der Waals surface area contributed by atoms with Gasteiger partial charge in [-0.25, -0.2) is 0 Å². The number of nitrogens with one attached hydrogen (secondary N) is 1. The molecule has 0 aliphatic rings. The lowest BCUT2D eigenvalue weighted by atomic mass is 10.2. The van der Waals surface area contributed by atoms with Gasteiger partial charge in [0.15, 0.2) is 5.76 Å². The number of benzene rings is 2. The molecule has 0 aliphatic carbocycles. The highest BCUT2D eigenvalue weighted by atomic mass is 16.5. The van der Waals surface area contributed by atoms with Crippen LogP contribution in [0.25, 0.3) is 0 Å². The summed E-state index contributed by atoms with van der Waals surface area (Å²) >= 11 is 0. The van der Waals surface area contributed by atoms with Gasteiger partial charge in [-0.1, -0.05) is 18.2 Å². The minimum atomic E-state index is -0.369. The van der Waals surface area contributed by atoms with Crippen LogP contribution in [0.2, 0.25) is 0 Å². The van der Waals surface area contributed by atoms with E-state index in [2.05, 4.69) is 5.32 Å². The Morgan fingerprint density at radius 3 is 2.27 bits per heavy atom. The number of furan rings is 1. The van der Waals surface area contributed by atoms with Crippen molar-refractivity contribution < 1.29 is 23.4 Å². The second-order valence-corrected chi connectivity index (χ2v) is 5.42. The number of carbonyl (C=O) groups excluding carboxylic acids is 1. The molecule has 0 atom stereocenters. The van der Waals surface area contributed by atoms with Crippen LogP contribution >= 0.6 is 0 Å². The van der Waals surface area contributed by atoms with Crippen molar-refractivity contribution in [3.63, 3.8) is 0 Å². The third-order valence-electron chi connectivity index (χ3n) is 3.62. The molecule has 6 heteroatoms. The molecule has 3 aromatic rings. The molecule has 0 fully saturated rings. The number of ether oxygens (including phenoxy) is 3. The van der Waals surface area contributed by atoms with Crippen LogP contribution in [0.3, 0.4) is 0 Å². The molecular formula is C20H19NO5. The Kier molecular flexibility index (Phi) is 5.43. The van der Waals surface area contributed by atoms with E-state index < -0.39 is 0 Å². The third-order valence-corrected chi connectivity index (χ3v) is 3.62. The molecule has 3 rings (SSSR count). The van der Waals surface area contributed by atoms with Crippen LogP contribution in [0.15, 0.2) is 65.1 Å². The zero-order valence-electron chi connectivity index (χ0n) is 14.5. The lowest BCUT2D eigenvalue weighted by Gasteiger charge is -2.09. The van der Waals surface area contributed by atoms with Crippen molar-refractivity contribution >= 4 is 11.6 Å². The molecule has 2 aromatic carbocycles. The van der Waals surface area contributed by atoms with Crippen LogP contribution in [0.1, 0.15) is 16.3 Å².